The Morgan fingerprint density at radius 2 is 2.39 bits per heavy atom. The molecule has 1 aliphatic carbocycles. The fourth-order valence-electron chi connectivity index (χ4n) is 3.32. The van der Waals surface area contributed by atoms with Gasteiger partial charge in [0.15, 0.2) is 0 Å². The van der Waals surface area contributed by atoms with Crippen LogP contribution in [0.5, 0.6) is 0 Å². The average Bonchev–Trinajstić information content (AvgIpc) is 2.96. The summed E-state index contributed by atoms with van der Waals surface area (Å²) in [5.74, 6) is 0.326. The molecule has 3 rings (SSSR count). The molecule has 0 radical (unpaired) electrons. The van der Waals surface area contributed by atoms with Gasteiger partial charge in [-0.1, -0.05) is 0 Å². The van der Waals surface area contributed by atoms with Crippen LogP contribution >= 0.6 is 0 Å². The molecule has 1 N–H and O–H groups in total. The molecule has 100 valence electrons. The maximum Gasteiger partial charge on any atom is 0.0780 e. The number of nitrogens with zero attached hydrogens (tertiary/aromatic N) is 3. The van der Waals surface area contributed by atoms with Gasteiger partial charge < -0.3 is 9.84 Å². The van der Waals surface area contributed by atoms with Crippen LogP contribution in [0.2, 0.25) is 0 Å². The Morgan fingerprint density at radius 1 is 1.50 bits per heavy atom. The van der Waals surface area contributed by atoms with Gasteiger partial charge in [-0.3, -0.25) is 9.58 Å². The second-order valence-electron chi connectivity index (χ2n) is 5.42. The molecular formula is C13H21N3O2. The van der Waals surface area contributed by atoms with Gasteiger partial charge in [-0.15, -0.1) is 0 Å². The van der Waals surface area contributed by atoms with Crippen LogP contribution < -0.4 is 0 Å². The van der Waals surface area contributed by atoms with E-state index >= 15 is 0 Å². The van der Waals surface area contributed by atoms with Crippen LogP contribution in [0.15, 0.2) is 12.4 Å². The van der Waals surface area contributed by atoms with E-state index in [0.717, 1.165) is 32.5 Å². The zero-order chi connectivity index (χ0) is 12.5. The van der Waals surface area contributed by atoms with Crippen molar-refractivity contribution in [3.05, 3.63) is 18.0 Å². The van der Waals surface area contributed by atoms with E-state index < -0.39 is 0 Å². The molecule has 0 spiro atoms. The van der Waals surface area contributed by atoms with E-state index in [1.165, 1.54) is 5.56 Å². The summed E-state index contributed by atoms with van der Waals surface area (Å²) in [6, 6.07) is 0.469. The number of hydrogen-bond acceptors (Lipinski definition) is 4. The van der Waals surface area contributed by atoms with Gasteiger partial charge in [0, 0.05) is 50.5 Å². The lowest BCUT2D eigenvalue weighted by atomic mass is 10.0. The summed E-state index contributed by atoms with van der Waals surface area (Å²) in [6.07, 6.45) is 6.44. The van der Waals surface area contributed by atoms with Crippen LogP contribution in [0.3, 0.4) is 0 Å². The van der Waals surface area contributed by atoms with Crippen LogP contribution in [0.25, 0.3) is 0 Å². The highest BCUT2D eigenvalue weighted by Gasteiger charge is 2.42. The summed E-state index contributed by atoms with van der Waals surface area (Å²) < 4.78 is 7.70. The van der Waals surface area contributed by atoms with Gasteiger partial charge in [-0.2, -0.15) is 5.10 Å². The van der Waals surface area contributed by atoms with Gasteiger partial charge >= 0.3 is 0 Å². The first-order chi connectivity index (χ1) is 8.78. The van der Waals surface area contributed by atoms with E-state index in [1.807, 2.05) is 17.9 Å². The molecule has 0 aromatic carbocycles. The van der Waals surface area contributed by atoms with Crippen LogP contribution in [-0.4, -0.2) is 51.7 Å². The second-order valence-corrected chi connectivity index (χ2v) is 5.42. The predicted molar refractivity (Wildman–Crippen MR) is 67.0 cm³/mol. The minimum absolute atomic E-state index is 0.223. The van der Waals surface area contributed by atoms with Crippen molar-refractivity contribution in [2.75, 3.05) is 19.8 Å². The molecule has 2 fully saturated rings. The Morgan fingerprint density at radius 3 is 3.11 bits per heavy atom. The molecule has 0 unspecified atom stereocenters. The summed E-state index contributed by atoms with van der Waals surface area (Å²) in [4.78, 5) is 2.49. The molecule has 3 atom stereocenters. The van der Waals surface area contributed by atoms with Gasteiger partial charge in [0.25, 0.3) is 0 Å². The Labute approximate surface area is 107 Å². The van der Waals surface area contributed by atoms with E-state index in [0.29, 0.717) is 12.0 Å². The summed E-state index contributed by atoms with van der Waals surface area (Å²) >= 11 is 0. The predicted octanol–water partition coefficient (Wildman–Crippen LogP) is 0.392. The Kier molecular flexibility index (Phi) is 3.37. The summed E-state index contributed by atoms with van der Waals surface area (Å²) in [6.45, 7) is 2.95. The Balaban J connectivity index is 1.69. The molecule has 1 saturated heterocycles. The van der Waals surface area contributed by atoms with Crippen molar-refractivity contribution < 1.29 is 9.84 Å². The van der Waals surface area contributed by atoms with E-state index in [-0.39, 0.29) is 12.7 Å². The van der Waals surface area contributed by atoms with Crippen molar-refractivity contribution in [3.8, 4) is 0 Å². The largest absolute Gasteiger partial charge is 0.396 e. The van der Waals surface area contributed by atoms with Crippen molar-refractivity contribution in [1.82, 2.24) is 14.7 Å². The molecule has 1 aliphatic heterocycles. The van der Waals surface area contributed by atoms with Crippen molar-refractivity contribution in [2.24, 2.45) is 13.0 Å². The van der Waals surface area contributed by atoms with Gasteiger partial charge in [0.2, 0.25) is 0 Å². The molecule has 2 aliphatic rings. The lowest BCUT2D eigenvalue weighted by molar-refractivity contribution is -0.0830. The van der Waals surface area contributed by atoms with Gasteiger partial charge in [0.1, 0.15) is 0 Å². The molecule has 18 heavy (non-hydrogen) atoms. The van der Waals surface area contributed by atoms with Crippen molar-refractivity contribution >= 4 is 0 Å². The number of ether oxygens (including phenoxy) is 1. The van der Waals surface area contributed by atoms with E-state index in [2.05, 4.69) is 16.2 Å². The number of rotatable bonds is 3. The minimum atomic E-state index is 0.223. The standard InChI is InChI=1S/C13H21N3O2/c1-15-7-10(6-14-15)8-16-4-5-18-13-11(9-17)2-3-12(13)16/h6-7,11-13,17H,2-5,8-9H2,1H3/t11-,12+,13-/m1/s1. The molecule has 1 saturated carbocycles. The topological polar surface area (TPSA) is 50.5 Å². The van der Waals surface area contributed by atoms with Gasteiger partial charge in [-0.05, 0) is 12.8 Å². The van der Waals surface area contributed by atoms with E-state index in [9.17, 15) is 5.11 Å². The molecule has 5 nitrogen and oxygen atoms in total. The third-order valence-electron chi connectivity index (χ3n) is 4.21. The summed E-state index contributed by atoms with van der Waals surface area (Å²) in [5.41, 5.74) is 1.26. The van der Waals surface area contributed by atoms with Gasteiger partial charge in [0.05, 0.1) is 18.9 Å². The molecule has 5 heteroatoms. The SMILES string of the molecule is Cn1cc(CN2CCO[C@@H]3[C@@H](CO)CC[C@@H]32)cn1. The second kappa shape index (κ2) is 4.99. The molecule has 0 bridgehead atoms. The number of aromatic nitrogens is 2. The van der Waals surface area contributed by atoms with E-state index in [1.54, 1.807) is 0 Å². The lowest BCUT2D eigenvalue weighted by Gasteiger charge is -2.38. The summed E-state index contributed by atoms with van der Waals surface area (Å²) in [7, 11) is 1.95. The van der Waals surface area contributed by atoms with Crippen molar-refractivity contribution in [2.45, 2.75) is 31.5 Å². The molecule has 2 heterocycles. The highest BCUT2D eigenvalue weighted by molar-refractivity contribution is 5.05. The highest BCUT2D eigenvalue weighted by atomic mass is 16.5. The normalized spacial score (nSPS) is 32.7. The lowest BCUT2D eigenvalue weighted by Crippen LogP contribution is -2.50. The average molecular weight is 251 g/mol. The van der Waals surface area contributed by atoms with Crippen molar-refractivity contribution in [3.63, 3.8) is 0 Å². The first kappa shape index (κ1) is 12.1. The number of fused-ring (bicyclic) bond motifs is 1. The maximum atomic E-state index is 9.37. The van der Waals surface area contributed by atoms with Crippen LogP contribution in [0.4, 0.5) is 0 Å². The zero-order valence-corrected chi connectivity index (χ0v) is 10.8. The first-order valence-electron chi connectivity index (χ1n) is 6.72. The fraction of sp³-hybridized carbons (Fsp3) is 0.769. The monoisotopic (exact) mass is 251 g/mol. The Bertz CT molecular complexity index is 407. The number of aryl methyl sites for hydroxylation is 1. The fourth-order valence-corrected chi connectivity index (χ4v) is 3.32. The van der Waals surface area contributed by atoms with Crippen LogP contribution in [-0.2, 0) is 18.3 Å². The number of aliphatic hydroxyl groups excluding tert-OH is 1. The third kappa shape index (κ3) is 2.18. The van der Waals surface area contributed by atoms with Crippen molar-refractivity contribution in [1.29, 1.82) is 0 Å². The quantitative estimate of drug-likeness (QED) is 0.844. The third-order valence-corrected chi connectivity index (χ3v) is 4.21. The van der Waals surface area contributed by atoms with E-state index in [4.69, 9.17) is 4.74 Å². The number of morpholine rings is 1. The minimum Gasteiger partial charge on any atom is -0.396 e. The first-order valence-corrected chi connectivity index (χ1v) is 6.72. The van der Waals surface area contributed by atoms with Gasteiger partial charge in [-0.25, -0.2) is 0 Å². The molecule has 1 aromatic heterocycles. The molecule has 1 aromatic rings. The smallest absolute Gasteiger partial charge is 0.0780 e. The van der Waals surface area contributed by atoms with Crippen LogP contribution in [0.1, 0.15) is 18.4 Å². The Hall–Kier alpha value is -0.910. The molecule has 0 amide bonds. The summed E-state index contributed by atoms with van der Waals surface area (Å²) in [5, 5.41) is 13.6. The van der Waals surface area contributed by atoms with Crippen LogP contribution in [0, 0.1) is 5.92 Å². The number of hydrogen-bond donors (Lipinski definition) is 1. The number of aliphatic hydroxyl groups is 1. The zero-order valence-electron chi connectivity index (χ0n) is 10.8. The maximum absolute atomic E-state index is 9.37. The molecular weight excluding hydrogens is 230 g/mol. The highest BCUT2D eigenvalue weighted by Crippen LogP contribution is 2.34.